The van der Waals surface area contributed by atoms with Crippen molar-refractivity contribution < 1.29 is 4.74 Å². The topological polar surface area (TPSA) is 38.5 Å². The van der Waals surface area contributed by atoms with Crippen LogP contribution in [-0.4, -0.2) is 18.8 Å². The lowest BCUT2D eigenvalue weighted by molar-refractivity contribution is 0.382. The molecule has 0 aromatic rings. The molecule has 0 aliphatic carbocycles. The van der Waals surface area contributed by atoms with Crippen molar-refractivity contribution in [1.29, 1.82) is 0 Å². The fourth-order valence-electron chi connectivity index (χ4n) is 0.359. The SMILES string of the molecule is CC(N)[C@H]1CO1. The second-order valence-electron chi connectivity index (χ2n) is 1.73. The van der Waals surface area contributed by atoms with Crippen molar-refractivity contribution in [3.05, 3.63) is 0 Å². The van der Waals surface area contributed by atoms with Crippen LogP contribution in [0.25, 0.3) is 0 Å². The van der Waals surface area contributed by atoms with E-state index in [0.29, 0.717) is 6.10 Å². The Kier molecular flexibility index (Phi) is 0.821. The molecule has 2 nitrogen and oxygen atoms in total. The summed E-state index contributed by atoms with van der Waals surface area (Å²) < 4.78 is 4.84. The number of rotatable bonds is 1. The first kappa shape index (κ1) is 4.09. The van der Waals surface area contributed by atoms with Gasteiger partial charge in [-0.2, -0.15) is 0 Å². The van der Waals surface area contributed by atoms with Gasteiger partial charge in [0, 0.05) is 6.04 Å². The molecule has 0 spiro atoms. The predicted octanol–water partition coefficient (Wildman–Crippen LogP) is -0.268. The van der Waals surface area contributed by atoms with Crippen LogP contribution in [0.15, 0.2) is 0 Å². The summed E-state index contributed by atoms with van der Waals surface area (Å²) in [6, 6.07) is 0.241. The van der Waals surface area contributed by atoms with E-state index >= 15 is 0 Å². The molecule has 0 radical (unpaired) electrons. The van der Waals surface area contributed by atoms with Gasteiger partial charge in [-0.15, -0.1) is 0 Å². The second kappa shape index (κ2) is 1.21. The van der Waals surface area contributed by atoms with Crippen LogP contribution < -0.4 is 5.73 Å². The van der Waals surface area contributed by atoms with Crippen molar-refractivity contribution in [2.75, 3.05) is 6.61 Å². The molecule has 1 fully saturated rings. The molecule has 1 aliphatic rings. The Labute approximate surface area is 37.3 Å². The number of nitrogens with two attached hydrogens (primary N) is 1. The van der Waals surface area contributed by atoms with E-state index in [1.54, 1.807) is 0 Å². The zero-order valence-corrected chi connectivity index (χ0v) is 3.85. The fourth-order valence-corrected chi connectivity index (χ4v) is 0.359. The van der Waals surface area contributed by atoms with E-state index in [9.17, 15) is 0 Å². The average Bonchev–Trinajstić information content (AvgIpc) is 2.06. The molecule has 1 heterocycles. The van der Waals surface area contributed by atoms with Gasteiger partial charge >= 0.3 is 0 Å². The highest BCUT2D eigenvalue weighted by Crippen LogP contribution is 2.10. The minimum absolute atomic E-state index is 0.241. The third kappa shape index (κ3) is 0.698. The Morgan fingerprint density at radius 2 is 2.50 bits per heavy atom. The van der Waals surface area contributed by atoms with E-state index in [2.05, 4.69) is 0 Å². The molecule has 0 aromatic heterocycles. The zero-order valence-electron chi connectivity index (χ0n) is 3.85. The Morgan fingerprint density at radius 1 is 2.00 bits per heavy atom. The van der Waals surface area contributed by atoms with E-state index in [-0.39, 0.29) is 6.04 Å². The largest absolute Gasteiger partial charge is 0.371 e. The highest BCUT2D eigenvalue weighted by molar-refractivity contribution is 4.77. The molecular formula is C4H9NO. The summed E-state index contributed by atoms with van der Waals surface area (Å²) in [5, 5.41) is 0. The van der Waals surface area contributed by atoms with Crippen LogP contribution in [0.3, 0.4) is 0 Å². The highest BCUT2D eigenvalue weighted by Gasteiger charge is 2.25. The number of epoxide rings is 1. The van der Waals surface area contributed by atoms with Gasteiger partial charge in [-0.1, -0.05) is 0 Å². The summed E-state index contributed by atoms with van der Waals surface area (Å²) in [5.41, 5.74) is 5.37. The van der Waals surface area contributed by atoms with Crippen molar-refractivity contribution in [2.24, 2.45) is 5.73 Å². The van der Waals surface area contributed by atoms with Crippen LogP contribution in [0.4, 0.5) is 0 Å². The lowest BCUT2D eigenvalue weighted by Gasteiger charge is -1.92. The summed E-state index contributed by atoms with van der Waals surface area (Å²) in [4.78, 5) is 0. The summed E-state index contributed by atoms with van der Waals surface area (Å²) >= 11 is 0. The molecule has 1 saturated heterocycles. The monoisotopic (exact) mass is 87.1 g/mol. The highest BCUT2D eigenvalue weighted by atomic mass is 16.6. The quantitative estimate of drug-likeness (QED) is 0.447. The first-order valence-corrected chi connectivity index (χ1v) is 2.18. The van der Waals surface area contributed by atoms with Gasteiger partial charge in [-0.3, -0.25) is 0 Å². The fraction of sp³-hybridized carbons (Fsp3) is 1.00. The first-order chi connectivity index (χ1) is 2.80. The van der Waals surface area contributed by atoms with Gasteiger partial charge in [0.2, 0.25) is 0 Å². The number of hydrogen-bond donors (Lipinski definition) is 1. The predicted molar refractivity (Wildman–Crippen MR) is 23.4 cm³/mol. The Morgan fingerprint density at radius 3 is 2.50 bits per heavy atom. The number of ether oxygens (including phenoxy) is 1. The molecule has 2 heteroatoms. The Hall–Kier alpha value is -0.0800. The molecule has 0 bridgehead atoms. The van der Waals surface area contributed by atoms with Crippen molar-refractivity contribution in [2.45, 2.75) is 19.1 Å². The standard InChI is InChI=1S/C4H9NO/c1-3(5)4-2-6-4/h3-4H,2,5H2,1H3/t3?,4-/m1/s1. The lowest BCUT2D eigenvalue weighted by Crippen LogP contribution is -2.21. The van der Waals surface area contributed by atoms with Crippen molar-refractivity contribution in [3.8, 4) is 0 Å². The maximum Gasteiger partial charge on any atom is 0.0957 e. The third-order valence-electron chi connectivity index (χ3n) is 0.946. The van der Waals surface area contributed by atoms with Crippen LogP contribution in [0.1, 0.15) is 6.92 Å². The summed E-state index contributed by atoms with van der Waals surface area (Å²) in [6.45, 7) is 2.83. The zero-order chi connectivity index (χ0) is 4.57. The van der Waals surface area contributed by atoms with Gasteiger partial charge in [0.25, 0.3) is 0 Å². The van der Waals surface area contributed by atoms with Crippen molar-refractivity contribution >= 4 is 0 Å². The second-order valence-corrected chi connectivity index (χ2v) is 1.73. The Balaban J connectivity index is 2.13. The summed E-state index contributed by atoms with van der Waals surface area (Å²) in [6.07, 6.45) is 0.380. The minimum Gasteiger partial charge on any atom is -0.371 e. The van der Waals surface area contributed by atoms with Crippen LogP contribution in [0.5, 0.6) is 0 Å². The van der Waals surface area contributed by atoms with Crippen LogP contribution in [0, 0.1) is 0 Å². The van der Waals surface area contributed by atoms with Gasteiger partial charge < -0.3 is 10.5 Å². The molecule has 1 rings (SSSR count). The van der Waals surface area contributed by atoms with E-state index in [1.165, 1.54) is 0 Å². The molecule has 0 saturated carbocycles. The average molecular weight is 87.1 g/mol. The maximum atomic E-state index is 5.37. The molecule has 2 N–H and O–H groups in total. The van der Waals surface area contributed by atoms with E-state index < -0.39 is 0 Å². The minimum atomic E-state index is 0.241. The van der Waals surface area contributed by atoms with Gasteiger partial charge in [0.05, 0.1) is 12.7 Å². The molecule has 1 unspecified atom stereocenters. The van der Waals surface area contributed by atoms with Crippen LogP contribution in [-0.2, 0) is 4.74 Å². The Bertz CT molecular complexity index is 49.5. The smallest absolute Gasteiger partial charge is 0.0957 e. The first-order valence-electron chi connectivity index (χ1n) is 2.18. The van der Waals surface area contributed by atoms with Gasteiger partial charge in [0.1, 0.15) is 0 Å². The van der Waals surface area contributed by atoms with Crippen molar-refractivity contribution in [1.82, 2.24) is 0 Å². The normalized spacial score (nSPS) is 36.0. The van der Waals surface area contributed by atoms with Crippen LogP contribution in [0.2, 0.25) is 0 Å². The van der Waals surface area contributed by atoms with E-state index in [0.717, 1.165) is 6.61 Å². The number of hydrogen-bond acceptors (Lipinski definition) is 2. The molecule has 36 valence electrons. The molecule has 1 aliphatic heterocycles. The molecule has 0 aromatic carbocycles. The molecule has 6 heavy (non-hydrogen) atoms. The van der Waals surface area contributed by atoms with Gasteiger partial charge in [-0.05, 0) is 6.92 Å². The molecule has 2 atom stereocenters. The van der Waals surface area contributed by atoms with E-state index in [4.69, 9.17) is 10.5 Å². The third-order valence-corrected chi connectivity index (χ3v) is 0.946. The van der Waals surface area contributed by atoms with Gasteiger partial charge in [0.15, 0.2) is 0 Å². The summed E-state index contributed by atoms with van der Waals surface area (Å²) in [7, 11) is 0. The van der Waals surface area contributed by atoms with Crippen molar-refractivity contribution in [3.63, 3.8) is 0 Å². The molecule has 0 amide bonds. The van der Waals surface area contributed by atoms with E-state index in [1.807, 2.05) is 6.92 Å². The summed E-state index contributed by atoms with van der Waals surface area (Å²) in [5.74, 6) is 0. The molecular weight excluding hydrogens is 78.0 g/mol. The maximum absolute atomic E-state index is 5.37. The van der Waals surface area contributed by atoms with Gasteiger partial charge in [-0.25, -0.2) is 0 Å². The van der Waals surface area contributed by atoms with Crippen LogP contribution >= 0.6 is 0 Å². The lowest BCUT2D eigenvalue weighted by atomic mass is 10.3.